The number of aldehydes is 1. The average molecular weight is 265 g/mol. The number of rotatable bonds is 2. The second-order valence-electron chi connectivity index (χ2n) is 4.11. The van der Waals surface area contributed by atoms with Crippen molar-refractivity contribution in [1.29, 1.82) is 0 Å². The molecule has 5 heteroatoms. The van der Waals surface area contributed by atoms with Crippen LogP contribution in [0, 0.1) is 6.92 Å². The van der Waals surface area contributed by atoms with Gasteiger partial charge in [0.05, 0.1) is 5.56 Å². The second kappa shape index (κ2) is 4.84. The van der Waals surface area contributed by atoms with Crippen LogP contribution >= 0.6 is 0 Å². The van der Waals surface area contributed by atoms with E-state index >= 15 is 0 Å². The molecule has 1 aromatic carbocycles. The summed E-state index contributed by atoms with van der Waals surface area (Å²) in [5.74, 6) is 0. The molecule has 0 radical (unpaired) electrons. The van der Waals surface area contributed by atoms with Gasteiger partial charge in [0, 0.05) is 23.5 Å². The molecule has 2 rings (SSSR count). The molecule has 0 aliphatic rings. The predicted molar refractivity (Wildman–Crippen MR) is 64.8 cm³/mol. The molecule has 0 spiro atoms. The fraction of sp³-hybridized carbons (Fsp3) is 0.143. The third kappa shape index (κ3) is 2.65. The first-order valence-electron chi connectivity index (χ1n) is 5.51. The molecule has 0 saturated heterocycles. The molecule has 0 aliphatic carbocycles. The summed E-state index contributed by atoms with van der Waals surface area (Å²) in [5, 5.41) is 0. The number of alkyl halides is 3. The van der Waals surface area contributed by atoms with Gasteiger partial charge in [-0.25, -0.2) is 0 Å². The van der Waals surface area contributed by atoms with Gasteiger partial charge < -0.3 is 0 Å². The van der Waals surface area contributed by atoms with Crippen LogP contribution in [0.4, 0.5) is 13.2 Å². The summed E-state index contributed by atoms with van der Waals surface area (Å²) in [4.78, 5) is 14.4. The summed E-state index contributed by atoms with van der Waals surface area (Å²) < 4.78 is 38.8. The fourth-order valence-corrected chi connectivity index (χ4v) is 1.92. The first kappa shape index (κ1) is 13.3. The average Bonchev–Trinajstić information content (AvgIpc) is 2.37. The lowest BCUT2D eigenvalue weighted by atomic mass is 9.96. The standard InChI is InChI=1S/C14H10F3NO/c1-9-6-10(8-19)2-3-11(9)12-7-18-5-4-13(12)14(15,16)17/h2-8H,1H3. The Morgan fingerprint density at radius 1 is 1.16 bits per heavy atom. The Kier molecular flexibility index (Phi) is 3.38. The number of benzene rings is 1. The van der Waals surface area contributed by atoms with Crippen molar-refractivity contribution >= 4 is 6.29 Å². The van der Waals surface area contributed by atoms with Crippen LogP contribution in [0.1, 0.15) is 21.5 Å². The number of pyridine rings is 1. The van der Waals surface area contributed by atoms with Crippen LogP contribution < -0.4 is 0 Å². The van der Waals surface area contributed by atoms with E-state index in [-0.39, 0.29) is 5.56 Å². The van der Waals surface area contributed by atoms with Crippen LogP contribution in [0.2, 0.25) is 0 Å². The van der Waals surface area contributed by atoms with Gasteiger partial charge in [0.25, 0.3) is 0 Å². The first-order chi connectivity index (χ1) is 8.93. The van der Waals surface area contributed by atoms with Crippen molar-refractivity contribution in [3.05, 3.63) is 53.3 Å². The van der Waals surface area contributed by atoms with Crippen molar-refractivity contribution in [2.75, 3.05) is 0 Å². The van der Waals surface area contributed by atoms with E-state index in [1.54, 1.807) is 13.0 Å². The highest BCUT2D eigenvalue weighted by Gasteiger charge is 2.33. The molecule has 0 unspecified atom stereocenters. The lowest BCUT2D eigenvalue weighted by Crippen LogP contribution is -2.07. The first-order valence-corrected chi connectivity index (χ1v) is 5.51. The van der Waals surface area contributed by atoms with E-state index in [2.05, 4.69) is 4.98 Å². The topological polar surface area (TPSA) is 30.0 Å². The van der Waals surface area contributed by atoms with Crippen molar-refractivity contribution in [3.63, 3.8) is 0 Å². The molecule has 19 heavy (non-hydrogen) atoms. The van der Waals surface area contributed by atoms with Crippen LogP contribution in [-0.4, -0.2) is 11.3 Å². The molecule has 2 aromatic rings. The van der Waals surface area contributed by atoms with Crippen LogP contribution in [-0.2, 0) is 6.18 Å². The Morgan fingerprint density at radius 3 is 2.47 bits per heavy atom. The van der Waals surface area contributed by atoms with Crippen molar-refractivity contribution < 1.29 is 18.0 Å². The van der Waals surface area contributed by atoms with Crippen molar-refractivity contribution in [2.24, 2.45) is 0 Å². The third-order valence-corrected chi connectivity index (χ3v) is 2.80. The number of hydrogen-bond donors (Lipinski definition) is 0. The second-order valence-corrected chi connectivity index (χ2v) is 4.11. The maximum Gasteiger partial charge on any atom is 0.417 e. The summed E-state index contributed by atoms with van der Waals surface area (Å²) in [5.41, 5.74) is 0.738. The Bertz CT molecular complexity index is 620. The summed E-state index contributed by atoms with van der Waals surface area (Å²) in [6, 6.07) is 5.49. The summed E-state index contributed by atoms with van der Waals surface area (Å²) >= 11 is 0. The third-order valence-electron chi connectivity index (χ3n) is 2.80. The Labute approximate surface area is 107 Å². The Morgan fingerprint density at radius 2 is 1.89 bits per heavy atom. The molecule has 0 N–H and O–H groups in total. The van der Waals surface area contributed by atoms with Gasteiger partial charge in [-0.05, 0) is 30.2 Å². The van der Waals surface area contributed by atoms with Crippen molar-refractivity contribution in [2.45, 2.75) is 13.1 Å². The van der Waals surface area contributed by atoms with Gasteiger partial charge in [0.1, 0.15) is 6.29 Å². The number of nitrogens with zero attached hydrogens (tertiary/aromatic N) is 1. The lowest BCUT2D eigenvalue weighted by molar-refractivity contribution is -0.137. The zero-order chi connectivity index (χ0) is 14.0. The monoisotopic (exact) mass is 265 g/mol. The molecule has 0 amide bonds. The predicted octanol–water partition coefficient (Wildman–Crippen LogP) is 3.89. The molecule has 0 aliphatic heterocycles. The smallest absolute Gasteiger partial charge is 0.298 e. The van der Waals surface area contributed by atoms with E-state index in [9.17, 15) is 18.0 Å². The summed E-state index contributed by atoms with van der Waals surface area (Å²) in [6.45, 7) is 1.66. The highest BCUT2D eigenvalue weighted by atomic mass is 19.4. The van der Waals surface area contributed by atoms with Crippen molar-refractivity contribution in [1.82, 2.24) is 4.98 Å². The van der Waals surface area contributed by atoms with Gasteiger partial charge in [-0.15, -0.1) is 0 Å². The van der Waals surface area contributed by atoms with E-state index in [1.807, 2.05) is 0 Å². The molecule has 0 fully saturated rings. The number of aromatic nitrogens is 1. The SMILES string of the molecule is Cc1cc(C=O)ccc1-c1cnccc1C(F)(F)F. The minimum absolute atomic E-state index is 0.0185. The normalized spacial score (nSPS) is 11.4. The molecule has 2 nitrogen and oxygen atoms in total. The Balaban J connectivity index is 2.63. The maximum atomic E-state index is 12.9. The molecular weight excluding hydrogens is 255 g/mol. The summed E-state index contributed by atoms with van der Waals surface area (Å²) in [7, 11) is 0. The van der Waals surface area contributed by atoms with Gasteiger partial charge in [-0.1, -0.05) is 12.1 Å². The molecule has 1 aromatic heterocycles. The number of carbonyl (C=O) groups is 1. The molecule has 0 atom stereocenters. The number of hydrogen-bond acceptors (Lipinski definition) is 2. The van der Waals surface area contributed by atoms with Gasteiger partial charge in [-0.3, -0.25) is 9.78 Å². The largest absolute Gasteiger partial charge is 0.417 e. The molecule has 1 heterocycles. The van der Waals surface area contributed by atoms with Crippen LogP contribution in [0.25, 0.3) is 11.1 Å². The van der Waals surface area contributed by atoms with E-state index in [1.165, 1.54) is 18.3 Å². The van der Waals surface area contributed by atoms with Crippen LogP contribution in [0.15, 0.2) is 36.7 Å². The van der Waals surface area contributed by atoms with Gasteiger partial charge in [0.15, 0.2) is 0 Å². The lowest BCUT2D eigenvalue weighted by Gasteiger charge is -2.14. The number of carbonyl (C=O) groups excluding carboxylic acids is 1. The van der Waals surface area contributed by atoms with E-state index < -0.39 is 11.7 Å². The minimum Gasteiger partial charge on any atom is -0.298 e. The molecule has 98 valence electrons. The van der Waals surface area contributed by atoms with Crippen LogP contribution in [0.3, 0.4) is 0 Å². The van der Waals surface area contributed by atoms with Gasteiger partial charge in [-0.2, -0.15) is 13.2 Å². The van der Waals surface area contributed by atoms with Crippen LogP contribution in [0.5, 0.6) is 0 Å². The van der Waals surface area contributed by atoms with E-state index in [4.69, 9.17) is 0 Å². The highest BCUT2D eigenvalue weighted by Crippen LogP contribution is 2.37. The fourth-order valence-electron chi connectivity index (χ4n) is 1.92. The summed E-state index contributed by atoms with van der Waals surface area (Å²) in [6.07, 6.45) is -1.48. The van der Waals surface area contributed by atoms with Gasteiger partial charge >= 0.3 is 6.18 Å². The molecule has 0 bridgehead atoms. The maximum absolute atomic E-state index is 12.9. The zero-order valence-electron chi connectivity index (χ0n) is 10.0. The minimum atomic E-state index is -4.44. The molecular formula is C14H10F3NO. The molecule has 0 saturated carbocycles. The number of aryl methyl sites for hydroxylation is 1. The highest BCUT2D eigenvalue weighted by molar-refractivity contribution is 5.79. The van der Waals surface area contributed by atoms with E-state index in [0.29, 0.717) is 23.0 Å². The number of halogens is 3. The van der Waals surface area contributed by atoms with E-state index in [0.717, 1.165) is 12.3 Å². The Hall–Kier alpha value is -2.17. The zero-order valence-corrected chi connectivity index (χ0v) is 10.0. The van der Waals surface area contributed by atoms with Crippen molar-refractivity contribution in [3.8, 4) is 11.1 Å². The van der Waals surface area contributed by atoms with Gasteiger partial charge in [0.2, 0.25) is 0 Å². The quantitative estimate of drug-likeness (QED) is 0.771.